The minimum Gasteiger partial charge on any atom is -0.481 e. The molecule has 0 aliphatic carbocycles. The van der Waals surface area contributed by atoms with Crippen LogP contribution in [0.1, 0.15) is 40.0 Å². The number of carbonyl (C=O) groups is 2. The molecule has 0 radical (unpaired) electrons. The van der Waals surface area contributed by atoms with Gasteiger partial charge >= 0.3 is 5.97 Å². The molecule has 1 aliphatic rings. The molecular formula is C13H23NO4. The Bertz CT molecular complexity index is 303. The number of carbonyl (C=O) groups excluding carboxylic acids is 1. The van der Waals surface area contributed by atoms with E-state index in [9.17, 15) is 9.59 Å². The summed E-state index contributed by atoms with van der Waals surface area (Å²) in [5.41, 5.74) is -0.0718. The molecular weight excluding hydrogens is 234 g/mol. The molecule has 1 heterocycles. The van der Waals surface area contributed by atoms with Crippen LogP contribution in [0.5, 0.6) is 0 Å². The average Bonchev–Trinajstić information content (AvgIpc) is 2.75. The second kappa shape index (κ2) is 6.18. The summed E-state index contributed by atoms with van der Waals surface area (Å²) in [5.74, 6) is -1.60. The van der Waals surface area contributed by atoms with Gasteiger partial charge in [0.25, 0.3) is 0 Å². The highest BCUT2D eigenvalue weighted by atomic mass is 16.5. The fraction of sp³-hybridized carbons (Fsp3) is 0.846. The summed E-state index contributed by atoms with van der Waals surface area (Å²) >= 11 is 0. The van der Waals surface area contributed by atoms with E-state index in [0.29, 0.717) is 13.0 Å². The monoisotopic (exact) mass is 257 g/mol. The fourth-order valence-corrected chi connectivity index (χ4v) is 2.11. The lowest BCUT2D eigenvalue weighted by atomic mass is 9.84. The zero-order valence-corrected chi connectivity index (χ0v) is 11.4. The molecule has 0 spiro atoms. The fourth-order valence-electron chi connectivity index (χ4n) is 2.11. The van der Waals surface area contributed by atoms with E-state index in [4.69, 9.17) is 9.84 Å². The predicted molar refractivity (Wildman–Crippen MR) is 67.2 cm³/mol. The first-order chi connectivity index (χ1) is 8.29. The van der Waals surface area contributed by atoms with Crippen molar-refractivity contribution in [3.05, 3.63) is 0 Å². The smallest absolute Gasteiger partial charge is 0.308 e. The summed E-state index contributed by atoms with van der Waals surface area (Å²) in [6.45, 7) is 6.76. The van der Waals surface area contributed by atoms with Crippen molar-refractivity contribution in [1.82, 2.24) is 5.32 Å². The van der Waals surface area contributed by atoms with Crippen LogP contribution >= 0.6 is 0 Å². The Morgan fingerprint density at radius 1 is 1.44 bits per heavy atom. The summed E-state index contributed by atoms with van der Waals surface area (Å²) in [5, 5.41) is 11.8. The number of nitrogens with one attached hydrogen (secondary N) is 1. The lowest BCUT2D eigenvalue weighted by Crippen LogP contribution is -2.40. The largest absolute Gasteiger partial charge is 0.481 e. The van der Waals surface area contributed by atoms with Gasteiger partial charge in [0.15, 0.2) is 0 Å². The van der Waals surface area contributed by atoms with Gasteiger partial charge in [-0.2, -0.15) is 0 Å². The molecule has 1 unspecified atom stereocenters. The molecule has 5 heteroatoms. The predicted octanol–water partition coefficient (Wildman–Crippen LogP) is 1.42. The molecule has 1 amide bonds. The Morgan fingerprint density at radius 2 is 2.11 bits per heavy atom. The van der Waals surface area contributed by atoms with Gasteiger partial charge in [0.1, 0.15) is 6.10 Å². The van der Waals surface area contributed by atoms with E-state index >= 15 is 0 Å². The van der Waals surface area contributed by atoms with Crippen molar-refractivity contribution in [2.24, 2.45) is 11.3 Å². The molecule has 2 N–H and O–H groups in total. The number of amides is 1. The molecule has 0 saturated carbocycles. The molecule has 18 heavy (non-hydrogen) atoms. The molecule has 1 saturated heterocycles. The minimum atomic E-state index is -0.863. The molecule has 2 atom stereocenters. The zero-order chi connectivity index (χ0) is 13.8. The number of carboxylic acids is 1. The Hall–Kier alpha value is -1.10. The summed E-state index contributed by atoms with van der Waals surface area (Å²) < 4.78 is 5.25. The van der Waals surface area contributed by atoms with Gasteiger partial charge in [-0.05, 0) is 24.7 Å². The second-order valence-electron chi connectivity index (χ2n) is 6.05. The van der Waals surface area contributed by atoms with Crippen LogP contribution in [0.4, 0.5) is 0 Å². The van der Waals surface area contributed by atoms with E-state index in [1.165, 1.54) is 0 Å². The Kier molecular flexibility index (Phi) is 5.14. The topological polar surface area (TPSA) is 75.6 Å². The number of hydrogen-bond acceptors (Lipinski definition) is 3. The van der Waals surface area contributed by atoms with Crippen LogP contribution < -0.4 is 5.32 Å². The first-order valence-corrected chi connectivity index (χ1v) is 6.42. The van der Waals surface area contributed by atoms with Gasteiger partial charge in [-0.3, -0.25) is 9.59 Å². The Labute approximate surface area is 108 Å². The van der Waals surface area contributed by atoms with Crippen molar-refractivity contribution in [2.75, 3.05) is 13.2 Å². The number of rotatable bonds is 5. The third-order valence-electron chi connectivity index (χ3n) is 2.95. The highest BCUT2D eigenvalue weighted by Crippen LogP contribution is 2.24. The lowest BCUT2D eigenvalue weighted by Gasteiger charge is -2.23. The molecule has 1 fully saturated rings. The SMILES string of the molecule is CC(C)(C)CC(CNC(=O)[C@H]1CCCO1)C(=O)O. The van der Waals surface area contributed by atoms with Gasteiger partial charge in [0, 0.05) is 13.2 Å². The number of aliphatic carboxylic acids is 1. The van der Waals surface area contributed by atoms with Crippen LogP contribution in [-0.4, -0.2) is 36.2 Å². The highest BCUT2D eigenvalue weighted by Gasteiger charge is 2.28. The maximum Gasteiger partial charge on any atom is 0.308 e. The van der Waals surface area contributed by atoms with E-state index in [1.54, 1.807) is 0 Å². The van der Waals surface area contributed by atoms with E-state index in [1.807, 2.05) is 20.8 Å². The van der Waals surface area contributed by atoms with Crippen molar-refractivity contribution < 1.29 is 19.4 Å². The number of carboxylic acid groups (broad SMARTS) is 1. The quantitative estimate of drug-likeness (QED) is 0.781. The van der Waals surface area contributed by atoms with Gasteiger partial charge in [0.05, 0.1) is 5.92 Å². The molecule has 0 bridgehead atoms. The van der Waals surface area contributed by atoms with Crippen LogP contribution in [0.25, 0.3) is 0 Å². The van der Waals surface area contributed by atoms with Crippen molar-refractivity contribution in [1.29, 1.82) is 0 Å². The zero-order valence-electron chi connectivity index (χ0n) is 11.4. The van der Waals surface area contributed by atoms with Crippen molar-refractivity contribution in [2.45, 2.75) is 46.1 Å². The molecule has 0 aromatic rings. The standard InChI is InChI=1S/C13H23NO4/c1-13(2,3)7-9(12(16)17)8-14-11(15)10-5-4-6-18-10/h9-10H,4-8H2,1-3H3,(H,14,15)(H,16,17)/t9?,10-/m1/s1. The summed E-state index contributed by atoms with van der Waals surface area (Å²) in [4.78, 5) is 22.8. The summed E-state index contributed by atoms with van der Waals surface area (Å²) in [6.07, 6.45) is 1.76. The first kappa shape index (κ1) is 15.0. The third-order valence-corrected chi connectivity index (χ3v) is 2.95. The molecule has 5 nitrogen and oxygen atoms in total. The van der Waals surface area contributed by atoms with Crippen LogP contribution in [0.3, 0.4) is 0 Å². The van der Waals surface area contributed by atoms with Gasteiger partial charge < -0.3 is 15.2 Å². The maximum absolute atomic E-state index is 11.7. The lowest BCUT2D eigenvalue weighted by molar-refractivity contribution is -0.143. The molecule has 1 rings (SSSR count). The van der Waals surface area contributed by atoms with Crippen LogP contribution in [0.2, 0.25) is 0 Å². The number of hydrogen-bond donors (Lipinski definition) is 2. The van der Waals surface area contributed by atoms with Crippen molar-refractivity contribution >= 4 is 11.9 Å². The van der Waals surface area contributed by atoms with Crippen LogP contribution in [0, 0.1) is 11.3 Å². The summed E-state index contributed by atoms with van der Waals surface area (Å²) in [7, 11) is 0. The van der Waals surface area contributed by atoms with E-state index < -0.39 is 18.0 Å². The van der Waals surface area contributed by atoms with Gasteiger partial charge in [0.2, 0.25) is 5.91 Å². The molecule has 1 aliphatic heterocycles. The van der Waals surface area contributed by atoms with Crippen molar-refractivity contribution in [3.8, 4) is 0 Å². The Balaban J connectivity index is 2.42. The van der Waals surface area contributed by atoms with Crippen molar-refractivity contribution in [3.63, 3.8) is 0 Å². The molecule has 0 aromatic carbocycles. The first-order valence-electron chi connectivity index (χ1n) is 6.42. The maximum atomic E-state index is 11.7. The normalized spacial score (nSPS) is 21.6. The minimum absolute atomic E-state index is 0.0718. The molecule has 104 valence electrons. The highest BCUT2D eigenvalue weighted by molar-refractivity contribution is 5.81. The second-order valence-corrected chi connectivity index (χ2v) is 6.05. The van der Waals surface area contributed by atoms with Gasteiger partial charge in [-0.1, -0.05) is 20.8 Å². The average molecular weight is 257 g/mol. The third kappa shape index (κ3) is 5.04. The molecule has 0 aromatic heterocycles. The van der Waals surface area contributed by atoms with Gasteiger partial charge in [-0.25, -0.2) is 0 Å². The van der Waals surface area contributed by atoms with Gasteiger partial charge in [-0.15, -0.1) is 0 Å². The van der Waals surface area contributed by atoms with E-state index in [2.05, 4.69) is 5.32 Å². The number of ether oxygens (including phenoxy) is 1. The van der Waals surface area contributed by atoms with E-state index in [0.717, 1.165) is 12.8 Å². The van der Waals surface area contributed by atoms with Crippen LogP contribution in [0.15, 0.2) is 0 Å². The van der Waals surface area contributed by atoms with Crippen LogP contribution in [-0.2, 0) is 14.3 Å². The summed E-state index contributed by atoms with van der Waals surface area (Å²) in [6, 6.07) is 0. The van der Waals surface area contributed by atoms with E-state index in [-0.39, 0.29) is 17.9 Å². The Morgan fingerprint density at radius 3 is 2.56 bits per heavy atom.